The summed E-state index contributed by atoms with van der Waals surface area (Å²) < 4.78 is 0. The zero-order valence-electron chi connectivity index (χ0n) is 6.94. The molecule has 13 heavy (non-hydrogen) atoms. The molecular formula is C8H9N4O. The van der Waals surface area contributed by atoms with Gasteiger partial charge in [0.05, 0.1) is 30.6 Å². The van der Waals surface area contributed by atoms with E-state index in [1.54, 1.807) is 0 Å². The molecule has 0 saturated heterocycles. The number of nitrogens with zero attached hydrogens (tertiary/aromatic N) is 3. The second kappa shape index (κ2) is 4.28. The minimum absolute atomic E-state index is 0.0216. The van der Waals surface area contributed by atoms with Gasteiger partial charge in [-0.25, -0.2) is 4.98 Å². The van der Waals surface area contributed by atoms with E-state index in [9.17, 15) is 0 Å². The van der Waals surface area contributed by atoms with Crippen molar-refractivity contribution in [1.29, 1.82) is 5.26 Å². The molecule has 0 aromatic carbocycles. The Hall–Kier alpha value is -1.80. The van der Waals surface area contributed by atoms with Gasteiger partial charge in [0.25, 0.3) is 0 Å². The average Bonchev–Trinajstić information content (AvgIpc) is 2.16. The van der Waals surface area contributed by atoms with Crippen molar-refractivity contribution < 1.29 is 5.11 Å². The quantitative estimate of drug-likeness (QED) is 0.666. The fraction of sp³-hybridized carbons (Fsp3) is 0.250. The molecule has 0 aliphatic carbocycles. The summed E-state index contributed by atoms with van der Waals surface area (Å²) in [6, 6.07) is 3.44. The second-order valence-electron chi connectivity index (χ2n) is 2.34. The van der Waals surface area contributed by atoms with E-state index in [1.165, 1.54) is 12.3 Å². The summed E-state index contributed by atoms with van der Waals surface area (Å²) in [5.41, 5.74) is 6.26. The number of aliphatic hydroxyl groups is 1. The van der Waals surface area contributed by atoms with Crippen molar-refractivity contribution in [3.63, 3.8) is 0 Å². The molecule has 0 spiro atoms. The van der Waals surface area contributed by atoms with Crippen LogP contribution in [0.1, 0.15) is 5.56 Å². The summed E-state index contributed by atoms with van der Waals surface area (Å²) in [7, 11) is 0. The fourth-order valence-corrected chi connectivity index (χ4v) is 0.819. The molecule has 0 saturated carbocycles. The van der Waals surface area contributed by atoms with Crippen molar-refractivity contribution in [2.24, 2.45) is 0 Å². The van der Waals surface area contributed by atoms with Gasteiger partial charge in [0.15, 0.2) is 0 Å². The van der Waals surface area contributed by atoms with Gasteiger partial charge in [-0.2, -0.15) is 5.26 Å². The summed E-state index contributed by atoms with van der Waals surface area (Å²) in [6.45, 7) is 0.280. The van der Waals surface area contributed by atoms with E-state index in [2.05, 4.69) is 10.3 Å². The minimum Gasteiger partial charge on any atom is -0.394 e. The Labute approximate surface area is 75.8 Å². The predicted octanol–water partition coefficient (Wildman–Crippen LogP) is -0.236. The van der Waals surface area contributed by atoms with Gasteiger partial charge in [-0.1, -0.05) is 0 Å². The molecular weight excluding hydrogens is 168 g/mol. The van der Waals surface area contributed by atoms with Gasteiger partial charge in [0, 0.05) is 0 Å². The minimum atomic E-state index is -0.0216. The lowest BCUT2D eigenvalue weighted by atomic mass is 10.2. The van der Waals surface area contributed by atoms with E-state index < -0.39 is 0 Å². The number of nitriles is 1. The highest BCUT2D eigenvalue weighted by Gasteiger charge is 2.01. The maximum atomic E-state index is 8.61. The molecule has 67 valence electrons. The molecule has 1 rings (SSSR count). The first-order valence-electron chi connectivity index (χ1n) is 3.72. The number of nitrogen functional groups attached to an aromatic ring is 1. The van der Waals surface area contributed by atoms with E-state index in [0.717, 1.165) is 0 Å². The molecule has 0 bridgehead atoms. The molecule has 0 fully saturated rings. The Bertz CT molecular complexity index is 331. The Morgan fingerprint density at radius 2 is 2.46 bits per heavy atom. The summed E-state index contributed by atoms with van der Waals surface area (Å²) in [4.78, 5) is 3.78. The van der Waals surface area contributed by atoms with Crippen molar-refractivity contribution in [3.8, 4) is 6.07 Å². The monoisotopic (exact) mass is 177 g/mol. The first kappa shape index (κ1) is 9.29. The van der Waals surface area contributed by atoms with Crippen molar-refractivity contribution >= 4 is 11.5 Å². The largest absolute Gasteiger partial charge is 0.394 e. The molecule has 3 N–H and O–H groups in total. The van der Waals surface area contributed by atoms with Crippen LogP contribution < -0.4 is 11.1 Å². The molecule has 0 aliphatic heterocycles. The van der Waals surface area contributed by atoms with Crippen LogP contribution >= 0.6 is 0 Å². The lowest BCUT2D eigenvalue weighted by Crippen LogP contribution is -2.05. The van der Waals surface area contributed by atoms with Gasteiger partial charge in [-0.15, -0.1) is 0 Å². The zero-order valence-corrected chi connectivity index (χ0v) is 6.94. The highest BCUT2D eigenvalue weighted by atomic mass is 16.3. The van der Waals surface area contributed by atoms with Gasteiger partial charge >= 0.3 is 0 Å². The molecule has 5 nitrogen and oxygen atoms in total. The molecule has 1 radical (unpaired) electrons. The normalized spacial score (nSPS) is 9.23. The van der Waals surface area contributed by atoms with E-state index >= 15 is 0 Å². The molecule has 5 heteroatoms. The van der Waals surface area contributed by atoms with Crippen LogP contribution in [0, 0.1) is 11.3 Å². The van der Waals surface area contributed by atoms with Gasteiger partial charge in [0.2, 0.25) is 0 Å². The number of rotatable bonds is 3. The topological polar surface area (TPSA) is 97.0 Å². The van der Waals surface area contributed by atoms with E-state index in [-0.39, 0.29) is 12.4 Å². The van der Waals surface area contributed by atoms with Crippen LogP contribution in [0.3, 0.4) is 0 Å². The van der Waals surface area contributed by atoms with E-state index in [1.807, 2.05) is 6.07 Å². The van der Waals surface area contributed by atoms with Gasteiger partial charge in [0.1, 0.15) is 11.9 Å². The van der Waals surface area contributed by atoms with Gasteiger partial charge in [-0.05, 0) is 6.07 Å². The number of aliphatic hydroxyl groups excluding tert-OH is 1. The molecule has 0 aliphatic rings. The first-order chi connectivity index (χ1) is 6.27. The molecule has 0 atom stereocenters. The van der Waals surface area contributed by atoms with Crippen LogP contribution in [0.4, 0.5) is 11.5 Å². The van der Waals surface area contributed by atoms with Crippen LogP contribution in [0.2, 0.25) is 0 Å². The van der Waals surface area contributed by atoms with Crippen molar-refractivity contribution in [2.45, 2.75) is 0 Å². The summed E-state index contributed by atoms with van der Waals surface area (Å²) in [6.07, 6.45) is 1.46. The molecule has 1 heterocycles. The summed E-state index contributed by atoms with van der Waals surface area (Å²) in [5.74, 6) is 0.199. The third kappa shape index (κ3) is 2.32. The lowest BCUT2D eigenvalue weighted by molar-refractivity contribution is 0.298. The smallest absolute Gasteiger partial charge is 0.141 e. The molecule has 1 aromatic heterocycles. The van der Waals surface area contributed by atoms with Crippen LogP contribution in [0.25, 0.3) is 0 Å². The SMILES string of the molecule is N#Cc1cc([N]CCO)cnc1N. The van der Waals surface area contributed by atoms with E-state index in [0.29, 0.717) is 17.8 Å². The van der Waals surface area contributed by atoms with Crippen molar-refractivity contribution in [2.75, 3.05) is 18.9 Å². The predicted molar refractivity (Wildman–Crippen MR) is 47.1 cm³/mol. The highest BCUT2D eigenvalue weighted by Crippen LogP contribution is 2.12. The van der Waals surface area contributed by atoms with Crippen LogP contribution in [-0.4, -0.2) is 23.2 Å². The summed E-state index contributed by atoms with van der Waals surface area (Å²) >= 11 is 0. The fourth-order valence-electron chi connectivity index (χ4n) is 0.819. The molecule has 0 unspecified atom stereocenters. The second-order valence-corrected chi connectivity index (χ2v) is 2.34. The van der Waals surface area contributed by atoms with Crippen molar-refractivity contribution in [1.82, 2.24) is 10.3 Å². The van der Waals surface area contributed by atoms with Crippen molar-refractivity contribution in [3.05, 3.63) is 17.8 Å². The Morgan fingerprint density at radius 1 is 1.69 bits per heavy atom. The lowest BCUT2D eigenvalue weighted by Gasteiger charge is -2.01. The molecule has 0 amide bonds. The number of pyridine rings is 1. The van der Waals surface area contributed by atoms with Crippen LogP contribution in [-0.2, 0) is 0 Å². The van der Waals surface area contributed by atoms with Crippen LogP contribution in [0.15, 0.2) is 12.3 Å². The third-order valence-electron chi connectivity index (χ3n) is 1.42. The Kier molecular flexibility index (Phi) is 3.06. The third-order valence-corrected chi connectivity index (χ3v) is 1.42. The van der Waals surface area contributed by atoms with Gasteiger partial charge in [-0.3, -0.25) is 5.32 Å². The average molecular weight is 177 g/mol. The number of nitrogens with two attached hydrogens (primary N) is 1. The van der Waals surface area contributed by atoms with E-state index in [4.69, 9.17) is 16.1 Å². The first-order valence-corrected chi connectivity index (χ1v) is 3.72. The maximum Gasteiger partial charge on any atom is 0.141 e. The highest BCUT2D eigenvalue weighted by molar-refractivity contribution is 5.54. The number of hydrogen-bond acceptors (Lipinski definition) is 4. The Morgan fingerprint density at radius 3 is 3.08 bits per heavy atom. The zero-order chi connectivity index (χ0) is 9.68. The summed E-state index contributed by atoms with van der Waals surface area (Å²) in [5, 5.41) is 21.1. The van der Waals surface area contributed by atoms with Crippen LogP contribution in [0.5, 0.6) is 0 Å². The molecule has 1 aromatic rings. The standard InChI is InChI=1S/C8H9N4O/c9-4-6-3-7(11-1-2-13)5-12-8(6)10/h3,5,13H,1-2H2,(H2,10,12). The number of hydrogen-bond donors (Lipinski definition) is 2. The number of anilines is 1. The maximum absolute atomic E-state index is 8.61. The Balaban J connectivity index is 2.82. The number of aromatic nitrogens is 1. The van der Waals surface area contributed by atoms with Gasteiger partial charge < -0.3 is 10.8 Å².